The third-order valence-corrected chi connectivity index (χ3v) is 2.54. The van der Waals surface area contributed by atoms with Gasteiger partial charge in [0.15, 0.2) is 0 Å². The second-order valence-corrected chi connectivity index (χ2v) is 4.00. The molecule has 0 radical (unpaired) electrons. The minimum absolute atomic E-state index is 0.634. The number of carboxylic acids is 1. The van der Waals surface area contributed by atoms with Crippen LogP contribution in [0.25, 0.3) is 0 Å². The second kappa shape index (κ2) is 4.55. The molecule has 0 amide bonds. The molecule has 0 aromatic heterocycles. The molecule has 0 saturated carbocycles. The van der Waals surface area contributed by atoms with Crippen LogP contribution in [0.3, 0.4) is 0 Å². The zero-order valence-electron chi connectivity index (χ0n) is 7.58. The molecule has 0 aliphatic carbocycles. The molecule has 1 aromatic carbocycles. The highest BCUT2D eigenvalue weighted by Crippen LogP contribution is 2.24. The van der Waals surface area contributed by atoms with Crippen LogP contribution in [0.5, 0.6) is 0 Å². The Morgan fingerprint density at radius 2 is 2.21 bits per heavy atom. The highest BCUT2D eigenvalue weighted by Gasteiger charge is 2.25. The highest BCUT2D eigenvalue weighted by atomic mass is 79.9. The summed E-state index contributed by atoms with van der Waals surface area (Å²) in [6.45, 7) is 1.56. The summed E-state index contributed by atoms with van der Waals surface area (Å²) in [6, 6.07) is 7.00. The molecule has 1 N–H and O–H groups in total. The lowest BCUT2D eigenvalue weighted by Gasteiger charge is -2.13. The van der Waals surface area contributed by atoms with E-state index in [1.54, 1.807) is 25.1 Å². The average Bonchev–Trinajstić information content (AvgIpc) is 2.15. The molecule has 1 rings (SSSR count). The standard InChI is InChI=1S/C10H10BrFO2/c1-6(9(12)10(13)14)7-3-2-4-8(11)5-7/h2-6,9H,1H3,(H,13,14). The van der Waals surface area contributed by atoms with Gasteiger partial charge in [0, 0.05) is 10.4 Å². The van der Waals surface area contributed by atoms with Gasteiger partial charge in [0.05, 0.1) is 0 Å². The SMILES string of the molecule is CC(c1cccc(Br)c1)C(F)C(=O)O. The van der Waals surface area contributed by atoms with Crippen LogP contribution < -0.4 is 0 Å². The molecular formula is C10H10BrFO2. The number of alkyl halides is 1. The van der Waals surface area contributed by atoms with Crippen molar-refractivity contribution in [1.29, 1.82) is 0 Å². The van der Waals surface area contributed by atoms with E-state index in [1.165, 1.54) is 0 Å². The number of carboxylic acid groups (broad SMARTS) is 1. The fourth-order valence-electron chi connectivity index (χ4n) is 1.17. The average molecular weight is 261 g/mol. The lowest BCUT2D eigenvalue weighted by molar-refractivity contribution is -0.143. The molecule has 4 heteroatoms. The number of halogens is 2. The van der Waals surface area contributed by atoms with Gasteiger partial charge in [-0.3, -0.25) is 0 Å². The molecule has 0 aliphatic rings. The Kier molecular flexibility index (Phi) is 3.63. The summed E-state index contributed by atoms with van der Waals surface area (Å²) < 4.78 is 13.9. The Bertz CT molecular complexity index is 341. The Morgan fingerprint density at radius 1 is 1.57 bits per heavy atom. The number of rotatable bonds is 3. The first-order valence-electron chi connectivity index (χ1n) is 4.14. The van der Waals surface area contributed by atoms with Crippen LogP contribution in [0.4, 0.5) is 4.39 Å². The van der Waals surface area contributed by atoms with Gasteiger partial charge in [-0.15, -0.1) is 0 Å². The van der Waals surface area contributed by atoms with Crippen molar-refractivity contribution in [3.05, 3.63) is 34.3 Å². The van der Waals surface area contributed by atoms with E-state index in [1.807, 2.05) is 6.07 Å². The van der Waals surface area contributed by atoms with Gasteiger partial charge >= 0.3 is 5.97 Å². The topological polar surface area (TPSA) is 37.3 Å². The van der Waals surface area contributed by atoms with Crippen molar-refractivity contribution in [1.82, 2.24) is 0 Å². The maximum atomic E-state index is 13.1. The van der Waals surface area contributed by atoms with E-state index < -0.39 is 18.1 Å². The van der Waals surface area contributed by atoms with Crippen LogP contribution in [-0.4, -0.2) is 17.2 Å². The van der Waals surface area contributed by atoms with Gasteiger partial charge in [-0.25, -0.2) is 9.18 Å². The number of hydrogen-bond acceptors (Lipinski definition) is 1. The maximum Gasteiger partial charge on any atom is 0.338 e. The Labute approximate surface area is 89.9 Å². The largest absolute Gasteiger partial charge is 0.479 e. The van der Waals surface area contributed by atoms with Crippen LogP contribution in [-0.2, 0) is 4.79 Å². The van der Waals surface area contributed by atoms with Gasteiger partial charge in [-0.05, 0) is 17.7 Å². The highest BCUT2D eigenvalue weighted by molar-refractivity contribution is 9.10. The first-order valence-corrected chi connectivity index (χ1v) is 4.94. The van der Waals surface area contributed by atoms with Crippen molar-refractivity contribution in [2.75, 3.05) is 0 Å². The lowest BCUT2D eigenvalue weighted by Crippen LogP contribution is -2.21. The molecule has 0 aliphatic heterocycles. The molecule has 2 atom stereocenters. The summed E-state index contributed by atoms with van der Waals surface area (Å²) in [4.78, 5) is 10.4. The van der Waals surface area contributed by atoms with Gasteiger partial charge in [0.1, 0.15) is 0 Å². The van der Waals surface area contributed by atoms with E-state index >= 15 is 0 Å². The predicted octanol–water partition coefficient (Wildman–Crippen LogP) is 2.98. The van der Waals surface area contributed by atoms with Gasteiger partial charge in [0.2, 0.25) is 6.17 Å². The van der Waals surface area contributed by atoms with E-state index in [4.69, 9.17) is 5.11 Å². The molecule has 0 heterocycles. The van der Waals surface area contributed by atoms with Gasteiger partial charge < -0.3 is 5.11 Å². The summed E-state index contributed by atoms with van der Waals surface area (Å²) in [5.74, 6) is -2.05. The minimum atomic E-state index is -1.86. The zero-order valence-corrected chi connectivity index (χ0v) is 9.16. The molecule has 14 heavy (non-hydrogen) atoms. The first kappa shape index (κ1) is 11.2. The number of carbonyl (C=O) groups is 1. The molecule has 2 unspecified atom stereocenters. The van der Waals surface area contributed by atoms with Crippen LogP contribution >= 0.6 is 15.9 Å². The molecule has 0 fully saturated rings. The summed E-state index contributed by atoms with van der Waals surface area (Å²) in [5.41, 5.74) is 0.675. The maximum absolute atomic E-state index is 13.1. The van der Waals surface area contributed by atoms with Gasteiger partial charge in [0.25, 0.3) is 0 Å². The van der Waals surface area contributed by atoms with Crippen molar-refractivity contribution in [3.8, 4) is 0 Å². The van der Waals surface area contributed by atoms with Crippen molar-refractivity contribution in [2.24, 2.45) is 0 Å². The van der Waals surface area contributed by atoms with Crippen LogP contribution in [0.15, 0.2) is 28.7 Å². The van der Waals surface area contributed by atoms with Crippen molar-refractivity contribution >= 4 is 21.9 Å². The van der Waals surface area contributed by atoms with E-state index in [-0.39, 0.29) is 0 Å². The smallest absolute Gasteiger partial charge is 0.338 e. The quantitative estimate of drug-likeness (QED) is 0.908. The van der Waals surface area contributed by atoms with Crippen LogP contribution in [0.1, 0.15) is 18.4 Å². The fourth-order valence-corrected chi connectivity index (χ4v) is 1.59. The first-order chi connectivity index (χ1) is 6.52. The van der Waals surface area contributed by atoms with E-state index in [0.717, 1.165) is 4.47 Å². The summed E-state index contributed by atoms with van der Waals surface area (Å²) in [5, 5.41) is 8.50. The Morgan fingerprint density at radius 3 is 2.71 bits per heavy atom. The summed E-state index contributed by atoms with van der Waals surface area (Å²) >= 11 is 3.25. The molecule has 0 bridgehead atoms. The van der Waals surface area contributed by atoms with Gasteiger partial charge in [-0.2, -0.15) is 0 Å². The van der Waals surface area contributed by atoms with Crippen LogP contribution in [0.2, 0.25) is 0 Å². The van der Waals surface area contributed by atoms with Crippen molar-refractivity contribution in [2.45, 2.75) is 19.0 Å². The summed E-state index contributed by atoms with van der Waals surface area (Å²) in [6.07, 6.45) is -1.86. The molecular weight excluding hydrogens is 251 g/mol. The number of aliphatic carboxylic acids is 1. The lowest BCUT2D eigenvalue weighted by atomic mass is 9.96. The number of benzene rings is 1. The zero-order chi connectivity index (χ0) is 10.7. The third-order valence-electron chi connectivity index (χ3n) is 2.05. The Hall–Kier alpha value is -0.900. The normalized spacial score (nSPS) is 14.8. The fraction of sp³-hybridized carbons (Fsp3) is 0.300. The third kappa shape index (κ3) is 2.54. The molecule has 2 nitrogen and oxygen atoms in total. The van der Waals surface area contributed by atoms with Crippen molar-refractivity contribution in [3.63, 3.8) is 0 Å². The molecule has 1 aromatic rings. The minimum Gasteiger partial charge on any atom is -0.479 e. The Balaban J connectivity index is 2.89. The molecule has 76 valence electrons. The monoisotopic (exact) mass is 260 g/mol. The molecule has 0 saturated heterocycles. The second-order valence-electron chi connectivity index (χ2n) is 3.08. The van der Waals surface area contributed by atoms with E-state index in [9.17, 15) is 9.18 Å². The summed E-state index contributed by atoms with van der Waals surface area (Å²) in [7, 11) is 0. The van der Waals surface area contributed by atoms with E-state index in [2.05, 4.69) is 15.9 Å². The molecule has 0 spiro atoms. The van der Waals surface area contributed by atoms with Gasteiger partial charge in [-0.1, -0.05) is 35.0 Å². The van der Waals surface area contributed by atoms with Crippen molar-refractivity contribution < 1.29 is 14.3 Å². The number of hydrogen-bond donors (Lipinski definition) is 1. The van der Waals surface area contributed by atoms with Crippen LogP contribution in [0, 0.1) is 0 Å². The predicted molar refractivity (Wildman–Crippen MR) is 55.1 cm³/mol. The van der Waals surface area contributed by atoms with E-state index in [0.29, 0.717) is 5.56 Å².